The lowest BCUT2D eigenvalue weighted by Crippen LogP contribution is -2.23. The predicted molar refractivity (Wildman–Crippen MR) is 78.6 cm³/mol. The summed E-state index contributed by atoms with van der Waals surface area (Å²) in [5.74, 6) is -0.0594. The van der Waals surface area contributed by atoms with Crippen LogP contribution in [0.25, 0.3) is 0 Å². The molecule has 0 amide bonds. The first-order chi connectivity index (χ1) is 9.15. The summed E-state index contributed by atoms with van der Waals surface area (Å²) in [5, 5.41) is 3.21. The first kappa shape index (κ1) is 14.2. The van der Waals surface area contributed by atoms with Crippen molar-refractivity contribution in [2.45, 2.75) is 18.9 Å². The lowest BCUT2D eigenvalue weighted by atomic mass is 9.89. The Balaban J connectivity index is 2.40. The molecular weight excluding hydrogens is 307 g/mol. The van der Waals surface area contributed by atoms with Gasteiger partial charge in [-0.3, -0.25) is 4.98 Å². The van der Waals surface area contributed by atoms with Crippen LogP contribution in [0.1, 0.15) is 30.0 Å². The summed E-state index contributed by atoms with van der Waals surface area (Å²) in [5.41, 5.74) is 1.79. The number of likely N-dealkylation sites (N-methyl/N-ethyl adjacent to an activating group) is 1. The Morgan fingerprint density at radius 1 is 1.21 bits per heavy atom. The van der Waals surface area contributed by atoms with Crippen molar-refractivity contribution in [3.8, 4) is 0 Å². The number of hydrogen-bond acceptors (Lipinski definition) is 2. The minimum atomic E-state index is -0.199. The molecule has 0 fully saturated rings. The van der Waals surface area contributed by atoms with Gasteiger partial charge in [0.15, 0.2) is 0 Å². The fraction of sp³-hybridized carbons (Fsp3) is 0.267. The highest BCUT2D eigenvalue weighted by Gasteiger charge is 2.24. The van der Waals surface area contributed by atoms with Crippen LogP contribution in [0.3, 0.4) is 0 Å². The van der Waals surface area contributed by atoms with Crippen LogP contribution >= 0.6 is 15.9 Å². The van der Waals surface area contributed by atoms with Crippen LogP contribution < -0.4 is 5.32 Å². The van der Waals surface area contributed by atoms with Crippen molar-refractivity contribution in [3.63, 3.8) is 0 Å². The molecule has 4 heteroatoms. The summed E-state index contributed by atoms with van der Waals surface area (Å²) in [7, 11) is 1.85. The third-order valence-corrected chi connectivity index (χ3v) is 4.05. The van der Waals surface area contributed by atoms with Crippen molar-refractivity contribution in [2.24, 2.45) is 0 Å². The lowest BCUT2D eigenvalue weighted by Gasteiger charge is -2.25. The number of nitrogens with one attached hydrogen (secondary N) is 1. The van der Waals surface area contributed by atoms with Crippen LogP contribution in [0.5, 0.6) is 0 Å². The van der Waals surface area contributed by atoms with Crippen molar-refractivity contribution < 1.29 is 4.39 Å². The monoisotopic (exact) mass is 322 g/mol. The number of pyridine rings is 1. The average Bonchev–Trinajstić information content (AvgIpc) is 2.43. The molecule has 19 heavy (non-hydrogen) atoms. The molecule has 100 valence electrons. The largest absolute Gasteiger partial charge is 0.312 e. The first-order valence-electron chi connectivity index (χ1n) is 6.16. The third-order valence-electron chi connectivity index (χ3n) is 3.35. The summed E-state index contributed by atoms with van der Waals surface area (Å²) in [6, 6.07) is 8.88. The summed E-state index contributed by atoms with van der Waals surface area (Å²) < 4.78 is 14.9. The molecule has 1 N–H and O–H groups in total. The van der Waals surface area contributed by atoms with Crippen LogP contribution in [0, 0.1) is 5.82 Å². The molecule has 0 bridgehead atoms. The standard InChI is InChI=1S/C15H16BrFN2/c1-10(11-6-8-19-9-7-11)15(18-2)14-12(16)4-3-5-13(14)17/h3-10,15,18H,1-2H3. The predicted octanol–water partition coefficient (Wildman–Crippen LogP) is 4.05. The number of rotatable bonds is 4. The molecule has 1 aromatic carbocycles. The van der Waals surface area contributed by atoms with Crippen LogP contribution in [0.2, 0.25) is 0 Å². The van der Waals surface area contributed by atoms with Gasteiger partial charge < -0.3 is 5.32 Å². The molecule has 0 aliphatic carbocycles. The van der Waals surface area contributed by atoms with E-state index < -0.39 is 0 Å². The minimum Gasteiger partial charge on any atom is -0.312 e. The highest BCUT2D eigenvalue weighted by Crippen LogP contribution is 2.35. The quantitative estimate of drug-likeness (QED) is 0.918. The van der Waals surface area contributed by atoms with Crippen molar-refractivity contribution in [1.82, 2.24) is 10.3 Å². The van der Waals surface area contributed by atoms with E-state index in [4.69, 9.17) is 0 Å². The maximum atomic E-state index is 14.1. The van der Waals surface area contributed by atoms with Gasteiger partial charge in [-0.15, -0.1) is 0 Å². The molecule has 0 saturated carbocycles. The fourth-order valence-corrected chi connectivity index (χ4v) is 2.90. The molecule has 2 nitrogen and oxygen atoms in total. The average molecular weight is 323 g/mol. The Kier molecular flexibility index (Phi) is 4.66. The zero-order valence-corrected chi connectivity index (χ0v) is 12.5. The maximum Gasteiger partial charge on any atom is 0.129 e. The van der Waals surface area contributed by atoms with E-state index >= 15 is 0 Å². The van der Waals surface area contributed by atoms with E-state index in [0.717, 1.165) is 10.0 Å². The number of benzene rings is 1. The third kappa shape index (κ3) is 3.01. The van der Waals surface area contributed by atoms with Gasteiger partial charge in [0, 0.05) is 34.4 Å². The van der Waals surface area contributed by atoms with Crippen molar-refractivity contribution in [1.29, 1.82) is 0 Å². The van der Waals surface area contributed by atoms with Gasteiger partial charge >= 0.3 is 0 Å². The molecule has 2 rings (SSSR count). The molecule has 0 spiro atoms. The van der Waals surface area contributed by atoms with Gasteiger partial charge in [-0.1, -0.05) is 28.9 Å². The topological polar surface area (TPSA) is 24.9 Å². The summed E-state index contributed by atoms with van der Waals surface area (Å²) in [6.07, 6.45) is 3.52. The molecule has 2 aromatic rings. The Morgan fingerprint density at radius 3 is 2.47 bits per heavy atom. The van der Waals surface area contributed by atoms with Gasteiger partial charge in [-0.05, 0) is 36.9 Å². The molecule has 0 saturated heterocycles. The van der Waals surface area contributed by atoms with Gasteiger partial charge in [0.25, 0.3) is 0 Å². The molecule has 0 aliphatic heterocycles. The van der Waals surface area contributed by atoms with E-state index in [1.807, 2.05) is 25.2 Å². The SMILES string of the molecule is CNC(c1c(F)cccc1Br)C(C)c1ccncc1. The van der Waals surface area contributed by atoms with E-state index in [2.05, 4.69) is 33.2 Å². The van der Waals surface area contributed by atoms with E-state index in [9.17, 15) is 4.39 Å². The van der Waals surface area contributed by atoms with E-state index in [1.165, 1.54) is 6.07 Å². The minimum absolute atomic E-state index is 0.0991. The van der Waals surface area contributed by atoms with Gasteiger partial charge in [0.2, 0.25) is 0 Å². The maximum absolute atomic E-state index is 14.1. The second kappa shape index (κ2) is 6.26. The summed E-state index contributed by atoms with van der Waals surface area (Å²) >= 11 is 3.44. The Hall–Kier alpha value is -1.26. The van der Waals surface area contributed by atoms with Crippen molar-refractivity contribution in [2.75, 3.05) is 7.05 Å². The number of nitrogens with zero attached hydrogens (tertiary/aromatic N) is 1. The second-order valence-corrected chi connectivity index (χ2v) is 5.33. The number of aromatic nitrogens is 1. The van der Waals surface area contributed by atoms with Crippen LogP contribution in [0.15, 0.2) is 47.2 Å². The molecule has 0 radical (unpaired) electrons. The van der Waals surface area contributed by atoms with Crippen LogP contribution in [-0.4, -0.2) is 12.0 Å². The van der Waals surface area contributed by atoms with Crippen LogP contribution in [-0.2, 0) is 0 Å². The zero-order chi connectivity index (χ0) is 13.8. The van der Waals surface area contributed by atoms with Gasteiger partial charge in [0.1, 0.15) is 5.82 Å². The highest BCUT2D eigenvalue weighted by atomic mass is 79.9. The fourth-order valence-electron chi connectivity index (χ4n) is 2.31. The molecule has 2 unspecified atom stereocenters. The van der Waals surface area contributed by atoms with E-state index in [1.54, 1.807) is 18.5 Å². The number of halogens is 2. The van der Waals surface area contributed by atoms with E-state index in [0.29, 0.717) is 5.56 Å². The van der Waals surface area contributed by atoms with Gasteiger partial charge in [0.05, 0.1) is 0 Å². The Labute approximate surface area is 121 Å². The molecule has 1 aromatic heterocycles. The smallest absolute Gasteiger partial charge is 0.129 e. The first-order valence-corrected chi connectivity index (χ1v) is 6.95. The van der Waals surface area contributed by atoms with Gasteiger partial charge in [-0.25, -0.2) is 4.39 Å². The lowest BCUT2D eigenvalue weighted by molar-refractivity contribution is 0.476. The van der Waals surface area contributed by atoms with Gasteiger partial charge in [-0.2, -0.15) is 0 Å². The van der Waals surface area contributed by atoms with Crippen molar-refractivity contribution >= 4 is 15.9 Å². The zero-order valence-electron chi connectivity index (χ0n) is 10.9. The Morgan fingerprint density at radius 2 is 1.89 bits per heavy atom. The number of hydrogen-bond donors (Lipinski definition) is 1. The molecule has 0 aliphatic rings. The van der Waals surface area contributed by atoms with E-state index in [-0.39, 0.29) is 17.8 Å². The molecule has 2 atom stereocenters. The Bertz CT molecular complexity index is 525. The molecular formula is C15H16BrFN2. The summed E-state index contributed by atoms with van der Waals surface area (Å²) in [6.45, 7) is 2.08. The van der Waals surface area contributed by atoms with Crippen LogP contribution in [0.4, 0.5) is 4.39 Å². The molecule has 1 heterocycles. The normalized spacial score (nSPS) is 14.1. The van der Waals surface area contributed by atoms with Crippen molar-refractivity contribution in [3.05, 3.63) is 64.1 Å². The highest BCUT2D eigenvalue weighted by molar-refractivity contribution is 9.10. The second-order valence-electron chi connectivity index (χ2n) is 4.47. The summed E-state index contributed by atoms with van der Waals surface area (Å²) in [4.78, 5) is 4.02.